The van der Waals surface area contributed by atoms with Gasteiger partial charge in [0.15, 0.2) is 0 Å². The molecule has 1 fully saturated rings. The maximum Gasteiger partial charge on any atom is 0.246 e. The second-order valence-electron chi connectivity index (χ2n) is 6.59. The van der Waals surface area contributed by atoms with Gasteiger partial charge in [-0.25, -0.2) is 4.39 Å². The number of piperidine rings is 1. The fraction of sp³-hybridized carbons (Fsp3) is 0.350. The SMILES string of the molecule is Cc1ccc(NC2(C(=O)NCc3ccccc3)CCNCC2)cc1F. The Kier molecular flexibility index (Phi) is 5.34. The van der Waals surface area contributed by atoms with Crippen molar-refractivity contribution >= 4 is 11.6 Å². The molecule has 25 heavy (non-hydrogen) atoms. The quantitative estimate of drug-likeness (QED) is 0.784. The van der Waals surface area contributed by atoms with E-state index in [-0.39, 0.29) is 11.7 Å². The van der Waals surface area contributed by atoms with Crippen LogP contribution in [-0.2, 0) is 11.3 Å². The fourth-order valence-corrected chi connectivity index (χ4v) is 3.16. The van der Waals surface area contributed by atoms with E-state index in [9.17, 15) is 9.18 Å². The molecule has 132 valence electrons. The van der Waals surface area contributed by atoms with Gasteiger partial charge in [-0.05, 0) is 56.1 Å². The van der Waals surface area contributed by atoms with Crippen LogP contribution < -0.4 is 16.0 Å². The molecule has 4 nitrogen and oxygen atoms in total. The van der Waals surface area contributed by atoms with Crippen molar-refractivity contribution in [3.63, 3.8) is 0 Å². The van der Waals surface area contributed by atoms with Crippen LogP contribution in [0.1, 0.15) is 24.0 Å². The first-order chi connectivity index (χ1) is 12.1. The Labute approximate surface area is 147 Å². The predicted molar refractivity (Wildman–Crippen MR) is 97.9 cm³/mol. The molecule has 3 rings (SSSR count). The Bertz CT molecular complexity index is 727. The van der Waals surface area contributed by atoms with E-state index in [0.29, 0.717) is 30.6 Å². The highest BCUT2D eigenvalue weighted by Gasteiger charge is 2.39. The Balaban J connectivity index is 1.75. The first-order valence-corrected chi connectivity index (χ1v) is 8.66. The highest BCUT2D eigenvalue weighted by Crippen LogP contribution is 2.26. The minimum Gasteiger partial charge on any atom is -0.371 e. The first-order valence-electron chi connectivity index (χ1n) is 8.66. The summed E-state index contributed by atoms with van der Waals surface area (Å²) in [5.74, 6) is -0.308. The molecule has 1 amide bonds. The molecule has 0 unspecified atom stereocenters. The monoisotopic (exact) mass is 341 g/mol. The van der Waals surface area contributed by atoms with Gasteiger partial charge in [-0.15, -0.1) is 0 Å². The second-order valence-corrected chi connectivity index (χ2v) is 6.59. The third-order valence-corrected chi connectivity index (χ3v) is 4.74. The smallest absolute Gasteiger partial charge is 0.246 e. The molecule has 1 aliphatic rings. The molecular formula is C20H24FN3O. The molecule has 0 saturated carbocycles. The standard InChI is InChI=1S/C20H24FN3O/c1-15-7-8-17(13-18(15)21)24-20(9-11-22-12-10-20)19(25)23-14-16-5-3-2-4-6-16/h2-8,13,22,24H,9-12,14H2,1H3,(H,23,25). The number of hydrogen-bond acceptors (Lipinski definition) is 3. The van der Waals surface area contributed by atoms with Crippen LogP contribution in [0.15, 0.2) is 48.5 Å². The summed E-state index contributed by atoms with van der Waals surface area (Å²) in [6, 6.07) is 14.8. The first kappa shape index (κ1) is 17.4. The molecule has 0 atom stereocenters. The molecule has 0 spiro atoms. The van der Waals surface area contributed by atoms with Gasteiger partial charge in [-0.2, -0.15) is 0 Å². The minimum atomic E-state index is -0.721. The van der Waals surface area contributed by atoms with Crippen LogP contribution >= 0.6 is 0 Å². The van der Waals surface area contributed by atoms with Crippen LogP contribution in [0.25, 0.3) is 0 Å². The zero-order chi connectivity index (χ0) is 17.7. The number of anilines is 1. The number of amides is 1. The van der Waals surface area contributed by atoms with Crippen molar-refractivity contribution in [2.75, 3.05) is 18.4 Å². The van der Waals surface area contributed by atoms with E-state index in [2.05, 4.69) is 16.0 Å². The molecule has 2 aromatic carbocycles. The topological polar surface area (TPSA) is 53.2 Å². The van der Waals surface area contributed by atoms with Crippen LogP contribution in [-0.4, -0.2) is 24.5 Å². The van der Waals surface area contributed by atoms with Gasteiger partial charge < -0.3 is 16.0 Å². The van der Waals surface area contributed by atoms with Crippen LogP contribution in [0.4, 0.5) is 10.1 Å². The molecule has 1 heterocycles. The van der Waals surface area contributed by atoms with Gasteiger partial charge in [0.25, 0.3) is 0 Å². The third kappa shape index (κ3) is 4.17. The normalized spacial score (nSPS) is 16.2. The van der Waals surface area contributed by atoms with Crippen LogP contribution in [0.3, 0.4) is 0 Å². The lowest BCUT2D eigenvalue weighted by Crippen LogP contribution is -2.57. The molecular weight excluding hydrogens is 317 g/mol. The lowest BCUT2D eigenvalue weighted by Gasteiger charge is -2.38. The zero-order valence-corrected chi connectivity index (χ0v) is 14.4. The average Bonchev–Trinajstić information content (AvgIpc) is 2.64. The van der Waals surface area contributed by atoms with Crippen molar-refractivity contribution in [1.29, 1.82) is 0 Å². The van der Waals surface area contributed by atoms with Crippen LogP contribution in [0, 0.1) is 12.7 Å². The maximum atomic E-state index is 13.9. The Morgan fingerprint density at radius 2 is 1.88 bits per heavy atom. The molecule has 5 heteroatoms. The molecule has 0 aromatic heterocycles. The largest absolute Gasteiger partial charge is 0.371 e. The predicted octanol–water partition coefficient (Wildman–Crippen LogP) is 2.98. The summed E-state index contributed by atoms with van der Waals surface area (Å²) < 4.78 is 13.9. The lowest BCUT2D eigenvalue weighted by atomic mass is 9.86. The molecule has 0 radical (unpaired) electrons. The van der Waals surface area contributed by atoms with E-state index in [1.807, 2.05) is 36.4 Å². The van der Waals surface area contributed by atoms with Gasteiger partial charge in [0.2, 0.25) is 5.91 Å². The number of rotatable bonds is 5. The Morgan fingerprint density at radius 1 is 1.16 bits per heavy atom. The number of nitrogens with one attached hydrogen (secondary N) is 3. The van der Waals surface area contributed by atoms with E-state index >= 15 is 0 Å². The zero-order valence-electron chi connectivity index (χ0n) is 14.4. The molecule has 0 bridgehead atoms. The Morgan fingerprint density at radius 3 is 2.56 bits per heavy atom. The van der Waals surface area contributed by atoms with E-state index in [1.54, 1.807) is 13.0 Å². The molecule has 2 aromatic rings. The minimum absolute atomic E-state index is 0.0427. The second kappa shape index (κ2) is 7.66. The van der Waals surface area contributed by atoms with Gasteiger partial charge >= 0.3 is 0 Å². The highest BCUT2D eigenvalue weighted by atomic mass is 19.1. The van der Waals surface area contributed by atoms with Crippen LogP contribution in [0.5, 0.6) is 0 Å². The van der Waals surface area contributed by atoms with Gasteiger partial charge in [-0.1, -0.05) is 36.4 Å². The Hall–Kier alpha value is -2.40. The van der Waals surface area contributed by atoms with Gasteiger partial charge in [0.05, 0.1) is 0 Å². The van der Waals surface area contributed by atoms with Crippen molar-refractivity contribution in [3.8, 4) is 0 Å². The number of carbonyl (C=O) groups excluding carboxylic acids is 1. The molecule has 3 N–H and O–H groups in total. The number of aryl methyl sites for hydroxylation is 1. The lowest BCUT2D eigenvalue weighted by molar-refractivity contribution is -0.126. The third-order valence-electron chi connectivity index (χ3n) is 4.74. The van der Waals surface area contributed by atoms with Crippen molar-refractivity contribution in [1.82, 2.24) is 10.6 Å². The number of benzene rings is 2. The summed E-state index contributed by atoms with van der Waals surface area (Å²) >= 11 is 0. The van der Waals surface area contributed by atoms with E-state index in [0.717, 1.165) is 18.7 Å². The summed E-state index contributed by atoms with van der Waals surface area (Å²) in [6.45, 7) is 3.71. The van der Waals surface area contributed by atoms with Crippen molar-refractivity contribution in [2.24, 2.45) is 0 Å². The van der Waals surface area contributed by atoms with Gasteiger partial charge in [-0.3, -0.25) is 4.79 Å². The molecule has 0 aliphatic carbocycles. The van der Waals surface area contributed by atoms with Gasteiger partial charge in [0.1, 0.15) is 11.4 Å². The highest BCUT2D eigenvalue weighted by molar-refractivity contribution is 5.89. The van der Waals surface area contributed by atoms with Crippen molar-refractivity contribution in [2.45, 2.75) is 31.8 Å². The number of carbonyl (C=O) groups is 1. The number of hydrogen-bond donors (Lipinski definition) is 3. The van der Waals surface area contributed by atoms with E-state index < -0.39 is 5.54 Å². The van der Waals surface area contributed by atoms with Gasteiger partial charge in [0, 0.05) is 12.2 Å². The summed E-state index contributed by atoms with van der Waals surface area (Å²) in [6.07, 6.45) is 1.31. The fourth-order valence-electron chi connectivity index (χ4n) is 3.16. The maximum absolute atomic E-state index is 13.9. The van der Waals surface area contributed by atoms with Crippen LogP contribution in [0.2, 0.25) is 0 Å². The summed E-state index contributed by atoms with van der Waals surface area (Å²) in [7, 11) is 0. The van der Waals surface area contributed by atoms with E-state index in [4.69, 9.17) is 0 Å². The summed E-state index contributed by atoms with van der Waals surface area (Å²) in [5.41, 5.74) is 1.57. The number of halogens is 1. The average molecular weight is 341 g/mol. The summed E-state index contributed by atoms with van der Waals surface area (Å²) in [4.78, 5) is 13.0. The molecule has 1 saturated heterocycles. The van der Waals surface area contributed by atoms with Crippen molar-refractivity contribution < 1.29 is 9.18 Å². The van der Waals surface area contributed by atoms with Crippen molar-refractivity contribution in [3.05, 3.63) is 65.5 Å². The molecule has 1 aliphatic heterocycles. The summed E-state index contributed by atoms with van der Waals surface area (Å²) in [5, 5.41) is 9.62. The van der Waals surface area contributed by atoms with E-state index in [1.165, 1.54) is 6.07 Å².